The van der Waals surface area contributed by atoms with Gasteiger partial charge in [0, 0.05) is 32.4 Å². The maximum atomic E-state index is 12.6. The monoisotopic (exact) mass is 1020 g/mol. The van der Waals surface area contributed by atoms with Crippen molar-refractivity contribution in [3.8, 4) is 23.3 Å². The smallest absolute Gasteiger partial charge is 0.416 e. The fourth-order valence-corrected chi connectivity index (χ4v) is 5.72. The number of methoxy groups -OCH3 is 2. The van der Waals surface area contributed by atoms with E-state index in [1.165, 1.54) is 57.6 Å². The minimum atomic E-state index is -4.58. The number of benzene rings is 2. The normalized spacial score (nSPS) is 11.6. The van der Waals surface area contributed by atoms with E-state index in [4.69, 9.17) is 40.9 Å². The third-order valence-electron chi connectivity index (χ3n) is 6.68. The quantitative estimate of drug-likeness (QED) is 0.0455. The number of rotatable bonds is 14. The van der Waals surface area contributed by atoms with E-state index in [2.05, 4.69) is 39.0 Å². The van der Waals surface area contributed by atoms with Crippen LogP contribution in [0.2, 0.25) is 5.02 Å². The van der Waals surface area contributed by atoms with Crippen LogP contribution in [0.4, 0.5) is 29.6 Å². The SMILES string of the molecule is COc1cc(OC)nc(NC(=O)NS(=O)(=O)c2ncccc2C(=O)N(C)C)n1.C[S+](C)C.O=C(O)CNCP(=O)([O-])O.O=C(O)c1cc(Oc2ccc(C(F)(F)F)cc2Cl)ccc1[N+](=O)[O-]. The maximum absolute atomic E-state index is 12.6. The van der Waals surface area contributed by atoms with Crippen molar-refractivity contribution in [3.05, 3.63) is 92.6 Å². The van der Waals surface area contributed by atoms with Crippen LogP contribution in [0, 0.1) is 10.1 Å². The van der Waals surface area contributed by atoms with Crippen LogP contribution < -0.4 is 34.5 Å². The minimum Gasteiger partial charge on any atom is -0.778 e. The maximum Gasteiger partial charge on any atom is 0.416 e. The van der Waals surface area contributed by atoms with Gasteiger partial charge in [-0.05, 0) is 47.3 Å². The topological polar surface area (TPSA) is 352 Å². The number of nitrogens with zero attached hydrogens (tertiary/aromatic N) is 5. The number of nitro benzene ring substituents is 1. The highest BCUT2D eigenvalue weighted by Crippen LogP contribution is 2.37. The summed E-state index contributed by atoms with van der Waals surface area (Å²) in [5.74, 6) is -3.67. The summed E-state index contributed by atoms with van der Waals surface area (Å²) in [5, 5.41) is 30.9. The molecule has 4 rings (SSSR count). The number of pyridine rings is 1. The van der Waals surface area contributed by atoms with Crippen molar-refractivity contribution in [1.29, 1.82) is 0 Å². The molecule has 0 aliphatic carbocycles. The van der Waals surface area contributed by atoms with Gasteiger partial charge in [-0.15, -0.1) is 0 Å². The number of urea groups is 1. The Hall–Kier alpha value is -6.36. The molecule has 3 amide bonds. The predicted molar refractivity (Wildman–Crippen MR) is 229 cm³/mol. The Labute approximate surface area is 381 Å². The van der Waals surface area contributed by atoms with Crippen LogP contribution in [0.25, 0.3) is 0 Å². The lowest BCUT2D eigenvalue weighted by Crippen LogP contribution is -2.36. The van der Waals surface area contributed by atoms with Gasteiger partial charge < -0.3 is 43.7 Å². The first-order valence-electron chi connectivity index (χ1n) is 17.4. The van der Waals surface area contributed by atoms with Gasteiger partial charge in [-0.3, -0.25) is 30.3 Å². The molecule has 0 aliphatic rings. The first kappa shape index (κ1) is 57.7. The van der Waals surface area contributed by atoms with Gasteiger partial charge in [0.05, 0.1) is 73.0 Å². The van der Waals surface area contributed by atoms with Crippen molar-refractivity contribution in [2.24, 2.45) is 0 Å². The minimum absolute atomic E-state index is 0.0913. The summed E-state index contributed by atoms with van der Waals surface area (Å²) < 4.78 is 89.5. The first-order chi connectivity index (χ1) is 30.4. The Morgan fingerprint density at radius 1 is 0.970 bits per heavy atom. The molecule has 31 heteroatoms. The average Bonchev–Trinajstić information content (AvgIpc) is 3.20. The number of aliphatic carboxylic acids is 1. The third-order valence-corrected chi connectivity index (χ3v) is 8.89. The van der Waals surface area contributed by atoms with Crippen LogP contribution in [-0.4, -0.2) is 132 Å². The number of anilines is 1. The molecule has 0 spiro atoms. The molecule has 6 N–H and O–H groups in total. The lowest BCUT2D eigenvalue weighted by molar-refractivity contribution is -0.385. The highest BCUT2D eigenvalue weighted by Gasteiger charge is 2.31. The number of carboxylic acids is 2. The highest BCUT2D eigenvalue weighted by atomic mass is 35.5. The number of aromatic nitrogens is 3. The second-order valence-corrected chi connectivity index (χ2v) is 18.8. The number of sulfonamides is 1. The van der Waals surface area contributed by atoms with Gasteiger partial charge >= 0.3 is 24.1 Å². The zero-order valence-corrected chi connectivity index (χ0v) is 38.6. The molecule has 2 heterocycles. The summed E-state index contributed by atoms with van der Waals surface area (Å²) in [6.07, 6.45) is 2.49. The number of hydrogen-bond acceptors (Lipinski definition) is 17. The van der Waals surface area contributed by atoms with Crippen LogP contribution in [0.5, 0.6) is 23.3 Å². The predicted octanol–water partition coefficient (Wildman–Crippen LogP) is 3.52. The van der Waals surface area contributed by atoms with E-state index in [1.54, 1.807) is 4.72 Å². The van der Waals surface area contributed by atoms with Crippen molar-refractivity contribution in [3.63, 3.8) is 0 Å². The number of nitro groups is 1. The van der Waals surface area contributed by atoms with E-state index in [0.29, 0.717) is 17.0 Å². The summed E-state index contributed by atoms with van der Waals surface area (Å²) in [6, 6.07) is 8.17. The lowest BCUT2D eigenvalue weighted by Gasteiger charge is -2.14. The molecule has 4 aromatic rings. The fourth-order valence-electron chi connectivity index (χ4n) is 4.08. The van der Waals surface area contributed by atoms with Crippen LogP contribution in [0.3, 0.4) is 0 Å². The molecule has 0 saturated heterocycles. The molecule has 1 atom stereocenters. The number of nitrogens with one attached hydrogen (secondary N) is 3. The van der Waals surface area contributed by atoms with Gasteiger partial charge in [0.1, 0.15) is 24.7 Å². The Bertz CT molecular complexity index is 2500. The molecule has 1 unspecified atom stereocenters. The van der Waals surface area contributed by atoms with Gasteiger partial charge in [-0.2, -0.15) is 31.6 Å². The van der Waals surface area contributed by atoms with Crippen molar-refractivity contribution in [1.82, 2.24) is 29.9 Å². The number of hydrogen-bond donors (Lipinski definition) is 6. The number of carbonyl (C=O) groups excluding carboxylic acids is 2. The van der Waals surface area contributed by atoms with Crippen LogP contribution in [-0.2, 0) is 36.5 Å². The van der Waals surface area contributed by atoms with Crippen molar-refractivity contribution >= 4 is 75.6 Å². The van der Waals surface area contributed by atoms with Crippen molar-refractivity contribution in [2.75, 3.05) is 65.2 Å². The van der Waals surface area contributed by atoms with Crippen molar-refractivity contribution < 1.29 is 84.5 Å². The zero-order chi connectivity index (χ0) is 50.7. The molecular formula is C35H41ClF3N8O16PS2. The van der Waals surface area contributed by atoms with Gasteiger partial charge in [0.2, 0.25) is 17.7 Å². The summed E-state index contributed by atoms with van der Waals surface area (Å²) in [6.45, 7) is -0.479. The number of alkyl halides is 3. The first-order valence-corrected chi connectivity index (χ1v) is 23.5. The molecule has 0 aliphatic heterocycles. The number of carboxylic acid groups (broad SMARTS) is 2. The van der Waals surface area contributed by atoms with Crippen molar-refractivity contribution in [2.45, 2.75) is 11.2 Å². The lowest BCUT2D eigenvalue weighted by atomic mass is 10.1. The van der Waals surface area contributed by atoms with E-state index in [0.717, 1.165) is 30.3 Å². The van der Waals surface area contributed by atoms with Gasteiger partial charge in [0.15, 0.2) is 5.03 Å². The number of aromatic carboxylic acids is 1. The molecule has 362 valence electrons. The second kappa shape index (κ2) is 26.0. The molecule has 0 fully saturated rings. The van der Waals surface area contributed by atoms with Gasteiger partial charge in [0.25, 0.3) is 21.6 Å². The zero-order valence-electron chi connectivity index (χ0n) is 35.3. The molecule has 0 radical (unpaired) electrons. The second-order valence-electron chi connectivity index (χ2n) is 12.7. The molecule has 2 aromatic carbocycles. The highest BCUT2D eigenvalue weighted by molar-refractivity contribution is 7.94. The molecular weight excluding hydrogens is 976 g/mol. The molecule has 66 heavy (non-hydrogen) atoms. The summed E-state index contributed by atoms with van der Waals surface area (Å²) in [7, 11) is -2.56. The molecule has 2 aromatic heterocycles. The number of ether oxygens (including phenoxy) is 3. The Kier molecular flexibility index (Phi) is 22.7. The molecule has 0 bridgehead atoms. The number of amides is 3. The summed E-state index contributed by atoms with van der Waals surface area (Å²) in [5.41, 5.74) is -2.43. The molecule has 24 nitrogen and oxygen atoms in total. The van der Waals surface area contributed by atoms with E-state index >= 15 is 0 Å². The Balaban J connectivity index is 0.000000517. The number of halogens is 4. The molecule has 0 saturated carbocycles. The van der Waals surface area contributed by atoms with Crippen LogP contribution in [0.1, 0.15) is 26.3 Å². The van der Waals surface area contributed by atoms with Gasteiger partial charge in [-0.1, -0.05) is 11.6 Å². The fraction of sp³-hybridized carbons (Fsp3) is 0.286. The van der Waals surface area contributed by atoms with E-state index in [9.17, 15) is 60.3 Å². The number of carbonyl (C=O) groups is 4. The van der Waals surface area contributed by atoms with E-state index in [-0.39, 0.29) is 39.8 Å². The standard InChI is InChI=1S/C15H18N6O6S.C14H7ClF3NO5.C3H8NO5P.C3H9S/c1-21(2)13(22)9-6-5-7-16-12(9)28(24,25)20-15(23)19-14-17-10(26-3)8-11(18-14)27-4;15-10-5-7(14(16,17)18)1-4-12(10)24-8-2-3-11(19(22)23)9(6-8)13(20)21;5-3(6)1-4-2-10(7,8)9;1-4(2)3/h5-8H,1-4H3,(H2,17,18,19,20,23);1-6H,(H,20,21);4H,1-2H2,(H,5,6)(H2,7,8,9);1-3H3/q;;;+1/p-1. The van der Waals surface area contributed by atoms with Crippen LogP contribution in [0.15, 0.2) is 65.8 Å². The third kappa shape index (κ3) is 20.6. The van der Waals surface area contributed by atoms with Gasteiger partial charge in [-0.25, -0.2) is 19.3 Å². The Morgan fingerprint density at radius 2 is 1.55 bits per heavy atom. The van der Waals surface area contributed by atoms with E-state index in [1.807, 2.05) is 5.32 Å². The van der Waals surface area contributed by atoms with E-state index < -0.39 is 87.3 Å². The summed E-state index contributed by atoms with van der Waals surface area (Å²) >= 11 is 5.72. The average molecular weight is 1020 g/mol. The van der Waals surface area contributed by atoms with Crippen LogP contribution >= 0.6 is 19.2 Å². The Morgan fingerprint density at radius 3 is 2.00 bits per heavy atom. The largest absolute Gasteiger partial charge is 0.778 e. The summed E-state index contributed by atoms with van der Waals surface area (Å²) in [4.78, 5) is 85.6.